The van der Waals surface area contributed by atoms with Gasteiger partial charge in [0.05, 0.1) is 0 Å². The fourth-order valence-corrected chi connectivity index (χ4v) is 3.59. The molecule has 0 amide bonds. The number of hydrogen-bond donors (Lipinski definition) is 2. The third-order valence-electron chi connectivity index (χ3n) is 4.96. The SMILES string of the molecule is CC1(C)[C@H]2CC[C@]1(C)c1[nH]nc(N)c12. The van der Waals surface area contributed by atoms with Gasteiger partial charge in [0.25, 0.3) is 0 Å². The molecule has 0 saturated heterocycles. The number of aromatic nitrogens is 2. The molecule has 1 aromatic heterocycles. The Morgan fingerprint density at radius 1 is 1.43 bits per heavy atom. The predicted octanol–water partition coefficient (Wildman–Crippen LogP) is 2.17. The summed E-state index contributed by atoms with van der Waals surface area (Å²) in [6.07, 6.45) is 2.53. The smallest absolute Gasteiger partial charge is 0.148 e. The lowest BCUT2D eigenvalue weighted by Gasteiger charge is -2.34. The van der Waals surface area contributed by atoms with E-state index >= 15 is 0 Å². The molecule has 76 valence electrons. The van der Waals surface area contributed by atoms with Crippen LogP contribution in [0.4, 0.5) is 5.82 Å². The van der Waals surface area contributed by atoms with Crippen molar-refractivity contribution in [3.05, 3.63) is 11.3 Å². The van der Waals surface area contributed by atoms with Crippen LogP contribution in [0.5, 0.6) is 0 Å². The highest BCUT2D eigenvalue weighted by Crippen LogP contribution is 2.68. The number of nitrogens with one attached hydrogen (secondary N) is 1. The molecule has 3 N–H and O–H groups in total. The number of hydrogen-bond acceptors (Lipinski definition) is 2. The number of nitrogens with zero attached hydrogens (tertiary/aromatic N) is 1. The molecule has 2 aliphatic carbocycles. The summed E-state index contributed by atoms with van der Waals surface area (Å²) in [4.78, 5) is 0. The molecule has 0 radical (unpaired) electrons. The molecule has 3 nitrogen and oxygen atoms in total. The summed E-state index contributed by atoms with van der Waals surface area (Å²) in [6, 6.07) is 0. The number of aromatic amines is 1. The van der Waals surface area contributed by atoms with Crippen LogP contribution in [0.15, 0.2) is 0 Å². The van der Waals surface area contributed by atoms with Crippen molar-refractivity contribution in [2.24, 2.45) is 5.41 Å². The van der Waals surface area contributed by atoms with Crippen molar-refractivity contribution in [2.45, 2.75) is 44.9 Å². The number of rotatable bonds is 0. The van der Waals surface area contributed by atoms with Gasteiger partial charge < -0.3 is 5.73 Å². The third kappa shape index (κ3) is 0.596. The Labute approximate surface area is 84.1 Å². The Morgan fingerprint density at radius 2 is 2.14 bits per heavy atom. The quantitative estimate of drug-likeness (QED) is 0.660. The predicted molar refractivity (Wildman–Crippen MR) is 56.1 cm³/mol. The van der Waals surface area contributed by atoms with Crippen molar-refractivity contribution < 1.29 is 0 Å². The van der Waals surface area contributed by atoms with Crippen molar-refractivity contribution in [1.29, 1.82) is 0 Å². The second kappa shape index (κ2) is 2.00. The van der Waals surface area contributed by atoms with Crippen molar-refractivity contribution in [3.63, 3.8) is 0 Å². The molecule has 0 aliphatic heterocycles. The Hall–Kier alpha value is -0.990. The molecular formula is C11H17N3. The zero-order valence-electron chi connectivity index (χ0n) is 9.02. The summed E-state index contributed by atoms with van der Waals surface area (Å²) in [6.45, 7) is 7.06. The van der Waals surface area contributed by atoms with Gasteiger partial charge in [-0.3, -0.25) is 5.10 Å². The molecule has 1 aromatic rings. The lowest BCUT2D eigenvalue weighted by Crippen LogP contribution is -2.32. The van der Waals surface area contributed by atoms with Gasteiger partial charge in [0.2, 0.25) is 0 Å². The van der Waals surface area contributed by atoms with Crippen LogP contribution in [0, 0.1) is 5.41 Å². The Morgan fingerprint density at radius 3 is 2.79 bits per heavy atom. The summed E-state index contributed by atoms with van der Waals surface area (Å²) in [5.41, 5.74) is 9.13. The molecule has 0 unspecified atom stereocenters. The molecule has 1 heterocycles. The molecule has 14 heavy (non-hydrogen) atoms. The largest absolute Gasteiger partial charge is 0.382 e. The molecule has 1 saturated carbocycles. The van der Waals surface area contributed by atoms with Gasteiger partial charge in [0, 0.05) is 16.7 Å². The van der Waals surface area contributed by atoms with Crippen molar-refractivity contribution in [2.75, 3.05) is 5.73 Å². The zero-order chi connectivity index (χ0) is 10.1. The fourth-order valence-electron chi connectivity index (χ4n) is 3.59. The van der Waals surface area contributed by atoms with Crippen LogP contribution < -0.4 is 5.73 Å². The van der Waals surface area contributed by atoms with Gasteiger partial charge >= 0.3 is 0 Å². The average Bonchev–Trinajstić information content (AvgIpc) is 2.63. The lowest BCUT2D eigenvalue weighted by molar-refractivity contribution is 0.225. The Bertz CT molecular complexity index is 405. The summed E-state index contributed by atoms with van der Waals surface area (Å²) >= 11 is 0. The van der Waals surface area contributed by atoms with E-state index in [1.165, 1.54) is 24.1 Å². The number of nitrogen functional groups attached to an aromatic ring is 1. The first-order valence-corrected chi connectivity index (χ1v) is 5.33. The number of anilines is 1. The number of H-pyrrole nitrogens is 1. The highest BCUT2D eigenvalue weighted by molar-refractivity contribution is 5.55. The molecule has 0 spiro atoms. The van der Waals surface area contributed by atoms with Crippen LogP contribution in [0.25, 0.3) is 0 Å². The standard InChI is InChI=1S/C11H17N3/c1-10(2)6-4-5-11(10,3)8-7(6)9(12)14-13-8/h6H,4-5H2,1-3H3,(H3,12,13,14)/t6-,11+/m0/s1. The van der Waals surface area contributed by atoms with Crippen LogP contribution in [0.2, 0.25) is 0 Å². The van der Waals surface area contributed by atoms with Crippen LogP contribution in [-0.4, -0.2) is 10.2 Å². The minimum atomic E-state index is 0.262. The first-order chi connectivity index (χ1) is 6.48. The molecule has 1 fully saturated rings. The maximum absolute atomic E-state index is 5.92. The minimum absolute atomic E-state index is 0.262. The Kier molecular flexibility index (Phi) is 1.19. The van der Waals surface area contributed by atoms with Gasteiger partial charge in [-0.2, -0.15) is 5.10 Å². The van der Waals surface area contributed by atoms with Crippen molar-refractivity contribution >= 4 is 5.82 Å². The highest BCUT2D eigenvalue weighted by atomic mass is 15.2. The van der Waals surface area contributed by atoms with E-state index in [1.54, 1.807) is 0 Å². The first kappa shape index (κ1) is 8.33. The first-order valence-electron chi connectivity index (χ1n) is 5.33. The van der Waals surface area contributed by atoms with Gasteiger partial charge in [-0.05, 0) is 24.2 Å². The summed E-state index contributed by atoms with van der Waals surface area (Å²) in [5.74, 6) is 1.34. The second-order valence-corrected chi connectivity index (χ2v) is 5.54. The van der Waals surface area contributed by atoms with E-state index in [0.717, 1.165) is 5.82 Å². The van der Waals surface area contributed by atoms with E-state index in [4.69, 9.17) is 5.73 Å². The van der Waals surface area contributed by atoms with Gasteiger partial charge in [-0.15, -0.1) is 0 Å². The van der Waals surface area contributed by atoms with Crippen molar-refractivity contribution in [1.82, 2.24) is 10.2 Å². The minimum Gasteiger partial charge on any atom is -0.382 e. The molecule has 3 heteroatoms. The van der Waals surface area contributed by atoms with Gasteiger partial charge in [0.1, 0.15) is 5.82 Å². The van der Waals surface area contributed by atoms with Crippen LogP contribution in [0.3, 0.4) is 0 Å². The molecule has 0 aromatic carbocycles. The van der Waals surface area contributed by atoms with Gasteiger partial charge in [0.15, 0.2) is 0 Å². The lowest BCUT2D eigenvalue weighted by atomic mass is 9.70. The van der Waals surface area contributed by atoms with E-state index in [-0.39, 0.29) is 5.41 Å². The average molecular weight is 191 g/mol. The topological polar surface area (TPSA) is 54.7 Å². The highest BCUT2D eigenvalue weighted by Gasteiger charge is 2.61. The summed E-state index contributed by atoms with van der Waals surface area (Å²) < 4.78 is 0. The fraction of sp³-hybridized carbons (Fsp3) is 0.727. The molecular weight excluding hydrogens is 174 g/mol. The molecule has 2 bridgehead atoms. The van der Waals surface area contributed by atoms with Crippen LogP contribution in [-0.2, 0) is 5.41 Å². The zero-order valence-corrected chi connectivity index (χ0v) is 9.02. The normalized spacial score (nSPS) is 37.5. The van der Waals surface area contributed by atoms with Gasteiger partial charge in [-0.1, -0.05) is 20.8 Å². The molecule has 3 rings (SSSR count). The third-order valence-corrected chi connectivity index (χ3v) is 4.96. The van der Waals surface area contributed by atoms with E-state index in [1.807, 2.05) is 0 Å². The summed E-state index contributed by atoms with van der Waals surface area (Å²) in [7, 11) is 0. The number of fused-ring (bicyclic) bond motifs is 5. The maximum Gasteiger partial charge on any atom is 0.148 e. The van der Waals surface area contributed by atoms with E-state index < -0.39 is 0 Å². The maximum atomic E-state index is 5.92. The van der Waals surface area contributed by atoms with E-state index in [9.17, 15) is 0 Å². The number of nitrogens with two attached hydrogens (primary N) is 1. The van der Waals surface area contributed by atoms with Crippen molar-refractivity contribution in [3.8, 4) is 0 Å². The van der Waals surface area contributed by atoms with Gasteiger partial charge in [-0.25, -0.2) is 0 Å². The van der Waals surface area contributed by atoms with Crippen LogP contribution in [0.1, 0.15) is 50.8 Å². The summed E-state index contributed by atoms with van der Waals surface area (Å²) in [5, 5.41) is 7.28. The second-order valence-electron chi connectivity index (χ2n) is 5.54. The van der Waals surface area contributed by atoms with E-state index in [0.29, 0.717) is 11.3 Å². The Balaban J connectivity index is 2.31. The van der Waals surface area contributed by atoms with E-state index in [2.05, 4.69) is 31.0 Å². The monoisotopic (exact) mass is 191 g/mol. The van der Waals surface area contributed by atoms with Crippen LogP contribution >= 0.6 is 0 Å². The molecule has 2 atom stereocenters. The molecule has 2 aliphatic rings.